The van der Waals surface area contributed by atoms with Crippen molar-refractivity contribution in [3.8, 4) is 101 Å². The van der Waals surface area contributed by atoms with Crippen molar-refractivity contribution in [2.75, 3.05) is 0 Å². The average Bonchev–Trinajstić information content (AvgIpc) is 1.57. The van der Waals surface area contributed by atoms with Gasteiger partial charge >= 0.3 is 0 Å². The fourth-order valence-corrected chi connectivity index (χ4v) is 18.3. The molecule has 2 aliphatic carbocycles. The molecule has 0 aliphatic heterocycles. The Hall–Kier alpha value is -13.5. The highest BCUT2D eigenvalue weighted by Crippen LogP contribution is 2.52. The Bertz CT molecular complexity index is 7130. The van der Waals surface area contributed by atoms with Gasteiger partial charge in [0.15, 0.2) is 11.6 Å². The second kappa shape index (κ2) is 22.5. The standard InChI is InChI=1S/C99H67N7/c1-98(2)83-31-14-8-25-71(83)73-47-45-69(58-85(73)98)104-88-34-17-11-28-76(88)80-55-64(42-50-92(80)104)63-41-49-91-79(54-63)75-27-10-16-33-87(75)103(91)68-24-20-23-67(53-68)96-100-95(62-39-37-61(38-40-62)60-21-6-5-7-22-60)101-97(102-96)106-90-36-19-13-30-78(90)82-57-66(44-52-94(82)106)65-43-51-93-81(56-65)77-29-12-18-35-89(77)105(93)70-46-48-74-72-26-9-15-32-84(72)99(3,4)86(74)59-70/h5-59H,1-4H3. The number of aromatic nitrogens is 7. The monoisotopic (exact) mass is 1350 g/mol. The molecule has 498 valence electrons. The number of fused-ring (bicyclic) bond motifs is 18. The van der Waals surface area contributed by atoms with Crippen molar-refractivity contribution in [1.29, 1.82) is 0 Å². The number of hydrogen-bond acceptors (Lipinski definition) is 3. The van der Waals surface area contributed by atoms with Gasteiger partial charge in [-0.2, -0.15) is 9.97 Å². The first kappa shape index (κ1) is 60.1. The summed E-state index contributed by atoms with van der Waals surface area (Å²) < 4.78 is 9.53. The van der Waals surface area contributed by atoms with Crippen LogP contribution in [0.2, 0.25) is 0 Å². The second-order valence-electron chi connectivity index (χ2n) is 29.9. The fourth-order valence-electron chi connectivity index (χ4n) is 18.3. The lowest BCUT2D eigenvalue weighted by atomic mass is 9.82. The van der Waals surface area contributed by atoms with Gasteiger partial charge in [-0.3, -0.25) is 4.57 Å². The topological polar surface area (TPSA) is 58.4 Å². The normalized spacial score (nSPS) is 13.4. The van der Waals surface area contributed by atoms with Crippen LogP contribution in [-0.2, 0) is 10.8 Å². The van der Waals surface area contributed by atoms with E-state index < -0.39 is 0 Å². The molecule has 7 heteroatoms. The predicted molar refractivity (Wildman–Crippen MR) is 439 cm³/mol. The van der Waals surface area contributed by atoms with Gasteiger partial charge in [0.1, 0.15) is 0 Å². The maximum Gasteiger partial charge on any atom is 0.238 e. The fraction of sp³-hybridized carbons (Fsp3) is 0.0606. The van der Waals surface area contributed by atoms with E-state index in [9.17, 15) is 0 Å². The number of para-hydroxylation sites is 4. The van der Waals surface area contributed by atoms with Gasteiger partial charge in [0.05, 0.1) is 44.1 Å². The Kier molecular flexibility index (Phi) is 12.8. The van der Waals surface area contributed by atoms with Crippen LogP contribution in [0.25, 0.3) is 189 Å². The molecule has 7 nitrogen and oxygen atoms in total. The lowest BCUT2D eigenvalue weighted by Gasteiger charge is -2.22. The second-order valence-corrected chi connectivity index (χ2v) is 29.9. The van der Waals surface area contributed by atoms with Crippen molar-refractivity contribution in [2.45, 2.75) is 38.5 Å². The summed E-state index contributed by atoms with van der Waals surface area (Å²) in [7, 11) is 0. The highest BCUT2D eigenvalue weighted by molar-refractivity contribution is 6.15. The minimum absolute atomic E-state index is 0.107. The highest BCUT2D eigenvalue weighted by Gasteiger charge is 2.37. The molecule has 0 spiro atoms. The van der Waals surface area contributed by atoms with E-state index in [2.05, 4.69) is 380 Å². The molecule has 0 bridgehead atoms. The maximum absolute atomic E-state index is 5.55. The highest BCUT2D eigenvalue weighted by atomic mass is 15.2. The van der Waals surface area contributed by atoms with Crippen LogP contribution >= 0.6 is 0 Å². The summed E-state index contributed by atoms with van der Waals surface area (Å²) in [4.78, 5) is 16.5. The minimum atomic E-state index is -0.114. The van der Waals surface area contributed by atoms with Crippen molar-refractivity contribution in [2.24, 2.45) is 0 Å². The first-order valence-corrected chi connectivity index (χ1v) is 36.7. The summed E-state index contributed by atoms with van der Waals surface area (Å²) in [5.41, 5.74) is 31.5. The van der Waals surface area contributed by atoms with Crippen molar-refractivity contribution >= 4 is 87.2 Å². The molecule has 15 aromatic carbocycles. The molecule has 5 aromatic heterocycles. The van der Waals surface area contributed by atoms with Crippen LogP contribution in [0.15, 0.2) is 334 Å². The van der Waals surface area contributed by atoms with Crippen LogP contribution in [0.1, 0.15) is 49.9 Å². The van der Waals surface area contributed by atoms with Gasteiger partial charge < -0.3 is 13.7 Å². The van der Waals surface area contributed by atoms with Crippen LogP contribution in [0.4, 0.5) is 0 Å². The lowest BCUT2D eigenvalue weighted by molar-refractivity contribution is 0.660. The third kappa shape index (κ3) is 8.83. The largest absolute Gasteiger partial charge is 0.309 e. The van der Waals surface area contributed by atoms with Gasteiger partial charge in [0.25, 0.3) is 0 Å². The molecule has 0 N–H and O–H groups in total. The molecule has 0 saturated heterocycles. The van der Waals surface area contributed by atoms with Crippen molar-refractivity contribution in [1.82, 2.24) is 33.2 Å². The predicted octanol–water partition coefficient (Wildman–Crippen LogP) is 25.2. The summed E-state index contributed by atoms with van der Waals surface area (Å²) >= 11 is 0. The van der Waals surface area contributed by atoms with Gasteiger partial charge in [0, 0.05) is 82.1 Å². The van der Waals surface area contributed by atoms with Crippen molar-refractivity contribution in [3.63, 3.8) is 0 Å². The van der Waals surface area contributed by atoms with Crippen LogP contribution in [0.5, 0.6) is 0 Å². The average molecular weight is 1350 g/mol. The Morgan fingerprint density at radius 3 is 0.972 bits per heavy atom. The van der Waals surface area contributed by atoms with Gasteiger partial charge in [-0.1, -0.05) is 252 Å². The molecule has 0 radical (unpaired) electrons. The third-order valence-corrected chi connectivity index (χ3v) is 23.4. The zero-order valence-corrected chi connectivity index (χ0v) is 58.9. The number of benzene rings is 15. The zero-order valence-electron chi connectivity index (χ0n) is 58.9. The molecule has 2 aliphatic rings. The summed E-state index contributed by atoms with van der Waals surface area (Å²) in [6.45, 7) is 9.44. The first-order chi connectivity index (χ1) is 52.1. The van der Waals surface area contributed by atoms with E-state index in [1.54, 1.807) is 0 Å². The Morgan fingerprint density at radius 2 is 0.519 bits per heavy atom. The van der Waals surface area contributed by atoms with E-state index in [4.69, 9.17) is 15.0 Å². The SMILES string of the molecule is CC1(C)c2ccccc2-c2ccc(-n3c4ccccc4c4cc(-c5ccc6c(c5)c5ccccc5n6-c5cccc(-c6nc(-c7ccc(-c8ccccc8)cc7)nc(-n7c8ccccc8c8cc(-c9ccc%10c(c9)c9ccccc9n%10-c9ccc%10c(c9)C(C)(C)c9ccccc9-%10)ccc87)n6)c5)ccc43)cc21. The van der Waals surface area contributed by atoms with E-state index in [0.717, 1.165) is 77.5 Å². The number of rotatable bonds is 9. The molecule has 0 atom stereocenters. The molecule has 0 fully saturated rings. The zero-order chi connectivity index (χ0) is 70.3. The molecule has 22 rings (SSSR count). The van der Waals surface area contributed by atoms with Crippen molar-refractivity contribution in [3.05, 3.63) is 356 Å². The van der Waals surface area contributed by atoms with E-state index in [1.807, 2.05) is 0 Å². The molecular weight excluding hydrogens is 1290 g/mol. The van der Waals surface area contributed by atoms with Crippen LogP contribution in [-0.4, -0.2) is 33.2 Å². The molecule has 0 unspecified atom stereocenters. The van der Waals surface area contributed by atoms with E-state index in [1.165, 1.54) is 116 Å². The van der Waals surface area contributed by atoms with Gasteiger partial charge in [-0.05, 0) is 187 Å². The quantitative estimate of drug-likeness (QED) is 0.145. The maximum atomic E-state index is 5.55. The molecule has 0 saturated carbocycles. The van der Waals surface area contributed by atoms with Gasteiger partial charge in [-0.15, -0.1) is 0 Å². The summed E-state index contributed by atoms with van der Waals surface area (Å²) in [6, 6.07) is 123. The Balaban J connectivity index is 0.649. The molecule has 0 amide bonds. The smallest absolute Gasteiger partial charge is 0.238 e. The summed E-state index contributed by atoms with van der Waals surface area (Å²) in [5.74, 6) is 1.69. The minimum Gasteiger partial charge on any atom is -0.309 e. The molecule has 20 aromatic rings. The molecular formula is C99H67N7. The van der Waals surface area contributed by atoms with Crippen LogP contribution in [0.3, 0.4) is 0 Å². The number of hydrogen-bond donors (Lipinski definition) is 0. The lowest BCUT2D eigenvalue weighted by Crippen LogP contribution is -2.15. The summed E-state index contributed by atoms with van der Waals surface area (Å²) in [5, 5.41) is 9.47. The van der Waals surface area contributed by atoms with E-state index in [-0.39, 0.29) is 10.8 Å². The third-order valence-electron chi connectivity index (χ3n) is 23.4. The number of nitrogens with zero attached hydrogens (tertiary/aromatic N) is 7. The Labute approximate surface area is 612 Å². The van der Waals surface area contributed by atoms with Crippen LogP contribution < -0.4 is 0 Å². The van der Waals surface area contributed by atoms with E-state index >= 15 is 0 Å². The van der Waals surface area contributed by atoms with Crippen molar-refractivity contribution < 1.29 is 0 Å². The van der Waals surface area contributed by atoms with Gasteiger partial charge in [-0.25, -0.2) is 4.98 Å². The van der Waals surface area contributed by atoms with Gasteiger partial charge in [0.2, 0.25) is 5.95 Å². The molecule has 106 heavy (non-hydrogen) atoms. The Morgan fingerprint density at radius 1 is 0.198 bits per heavy atom. The summed E-state index contributed by atoms with van der Waals surface area (Å²) in [6.07, 6.45) is 0. The van der Waals surface area contributed by atoms with Crippen LogP contribution in [0, 0.1) is 0 Å². The van der Waals surface area contributed by atoms with E-state index in [0.29, 0.717) is 17.6 Å². The first-order valence-electron chi connectivity index (χ1n) is 36.7. The molecule has 5 heterocycles.